The molecule has 2 aromatic rings. The second-order valence-corrected chi connectivity index (χ2v) is 13.8. The van der Waals surface area contributed by atoms with Gasteiger partial charge in [-0.25, -0.2) is 0 Å². The summed E-state index contributed by atoms with van der Waals surface area (Å²) in [6.07, 6.45) is -1.14. The van der Waals surface area contributed by atoms with Crippen LogP contribution in [0.2, 0.25) is 0 Å². The summed E-state index contributed by atoms with van der Waals surface area (Å²) in [6.45, 7) is 8.74. The molecule has 2 N–H and O–H groups in total. The van der Waals surface area contributed by atoms with E-state index in [1.165, 1.54) is 12.1 Å². The number of carbonyl (C=O) groups excluding carboxylic acids is 2. The fourth-order valence-corrected chi connectivity index (χ4v) is 8.07. The van der Waals surface area contributed by atoms with Gasteiger partial charge >= 0.3 is 6.18 Å². The van der Waals surface area contributed by atoms with Crippen LogP contribution in [0.5, 0.6) is 5.75 Å². The van der Waals surface area contributed by atoms with E-state index >= 15 is 0 Å². The number of aliphatic hydroxyl groups is 1. The van der Waals surface area contributed by atoms with Crippen LogP contribution >= 0.6 is 0 Å². The molecule has 1 heterocycles. The van der Waals surface area contributed by atoms with E-state index < -0.39 is 28.7 Å². The van der Waals surface area contributed by atoms with Crippen molar-refractivity contribution in [3.8, 4) is 5.75 Å². The second kappa shape index (κ2) is 11.9. The standard InChI is InChI=1S/C34H44F3N3O4/c1-31(2)22-28(38-30(42)23-9-11-24(12-10-23)34(35,36)37)33(16-15-32(3,43)21-27(31)33)14-13-29(41)40-19-17-39(18-20-40)25-7-5-6-8-26(25)44-4/h5-12,27-28,43H,13-22H2,1-4H3,(H,38,42)/t27-,28-,32-,33-/m0/s1. The minimum Gasteiger partial charge on any atom is -0.495 e. The van der Waals surface area contributed by atoms with Crippen molar-refractivity contribution in [1.82, 2.24) is 10.2 Å². The van der Waals surface area contributed by atoms with Crippen LogP contribution in [0, 0.1) is 16.7 Å². The quantitative estimate of drug-likeness (QED) is 0.405. The summed E-state index contributed by atoms with van der Waals surface area (Å²) in [5, 5.41) is 14.2. The van der Waals surface area contributed by atoms with E-state index in [1.807, 2.05) is 36.1 Å². The highest BCUT2D eigenvalue weighted by atomic mass is 19.4. The summed E-state index contributed by atoms with van der Waals surface area (Å²) in [6, 6.07) is 11.9. The molecule has 2 aliphatic carbocycles. The topological polar surface area (TPSA) is 82.1 Å². The third-order valence-corrected chi connectivity index (χ3v) is 10.5. The van der Waals surface area contributed by atoms with E-state index in [9.17, 15) is 27.9 Å². The van der Waals surface area contributed by atoms with Crippen LogP contribution in [0.25, 0.3) is 0 Å². The Bertz CT molecular complexity index is 1350. The van der Waals surface area contributed by atoms with Crippen LogP contribution in [-0.4, -0.2) is 66.8 Å². The summed E-state index contributed by atoms with van der Waals surface area (Å²) in [4.78, 5) is 31.1. The summed E-state index contributed by atoms with van der Waals surface area (Å²) < 4.78 is 44.8. The maximum absolute atomic E-state index is 13.6. The SMILES string of the molecule is COc1ccccc1N1CCN(C(=O)CC[C@]23CC[C@](C)(O)C[C@H]2C(C)(C)C[C@@H]3NC(=O)c2ccc(C(F)(F)F)cc2)CC1. The molecule has 10 heteroatoms. The lowest BCUT2D eigenvalue weighted by molar-refractivity contribution is -0.137. The lowest BCUT2D eigenvalue weighted by atomic mass is 9.57. The number of fused-ring (bicyclic) bond motifs is 1. The van der Waals surface area contributed by atoms with Crippen molar-refractivity contribution in [3.05, 3.63) is 59.7 Å². The van der Waals surface area contributed by atoms with Gasteiger partial charge in [-0.3, -0.25) is 9.59 Å². The average molecular weight is 616 g/mol. The minimum absolute atomic E-state index is 0.0619. The smallest absolute Gasteiger partial charge is 0.416 e. The molecule has 44 heavy (non-hydrogen) atoms. The van der Waals surface area contributed by atoms with Gasteiger partial charge in [-0.15, -0.1) is 0 Å². The number of amides is 2. The van der Waals surface area contributed by atoms with Gasteiger partial charge < -0.3 is 25.0 Å². The molecule has 1 aliphatic heterocycles. The van der Waals surface area contributed by atoms with Gasteiger partial charge in [0, 0.05) is 44.2 Å². The van der Waals surface area contributed by atoms with Crippen molar-refractivity contribution >= 4 is 17.5 Å². The van der Waals surface area contributed by atoms with E-state index in [0.717, 1.165) is 23.6 Å². The maximum atomic E-state index is 13.6. The van der Waals surface area contributed by atoms with Crippen molar-refractivity contribution in [2.45, 2.75) is 77.1 Å². The van der Waals surface area contributed by atoms with Crippen LogP contribution < -0.4 is 15.0 Å². The minimum atomic E-state index is -4.48. The molecule has 1 saturated heterocycles. The molecule has 3 aliphatic rings. The van der Waals surface area contributed by atoms with Crippen molar-refractivity contribution in [1.29, 1.82) is 0 Å². The van der Waals surface area contributed by atoms with Gasteiger partial charge in [0.25, 0.3) is 5.91 Å². The highest BCUT2D eigenvalue weighted by Crippen LogP contribution is 2.64. The molecular weight excluding hydrogens is 571 g/mol. The number of para-hydroxylation sites is 2. The highest BCUT2D eigenvalue weighted by Gasteiger charge is 2.61. The van der Waals surface area contributed by atoms with Crippen molar-refractivity contribution < 1.29 is 32.6 Å². The van der Waals surface area contributed by atoms with Gasteiger partial charge in [-0.1, -0.05) is 26.0 Å². The number of anilines is 1. The normalized spacial score (nSPS) is 28.4. The van der Waals surface area contributed by atoms with Crippen LogP contribution in [0.1, 0.15) is 75.2 Å². The van der Waals surface area contributed by atoms with Crippen LogP contribution in [0.4, 0.5) is 18.9 Å². The zero-order valence-electron chi connectivity index (χ0n) is 26.0. The number of methoxy groups -OCH3 is 1. The Morgan fingerprint density at radius 1 is 0.977 bits per heavy atom. The molecule has 0 bridgehead atoms. The largest absolute Gasteiger partial charge is 0.495 e. The summed E-state index contributed by atoms with van der Waals surface area (Å²) >= 11 is 0. The Kier molecular flexibility index (Phi) is 8.70. The number of nitrogens with zero attached hydrogens (tertiary/aromatic N) is 2. The van der Waals surface area contributed by atoms with Gasteiger partial charge in [0.05, 0.1) is 24.0 Å². The molecule has 0 aromatic heterocycles. The second-order valence-electron chi connectivity index (χ2n) is 13.8. The van der Waals surface area contributed by atoms with E-state index in [1.54, 1.807) is 7.11 Å². The molecule has 3 fully saturated rings. The van der Waals surface area contributed by atoms with Gasteiger partial charge in [0.2, 0.25) is 5.91 Å². The molecule has 2 amide bonds. The number of hydrogen-bond donors (Lipinski definition) is 2. The lowest BCUT2D eigenvalue weighted by Crippen LogP contribution is -2.53. The van der Waals surface area contributed by atoms with Gasteiger partial charge in [-0.05, 0) is 92.2 Å². The van der Waals surface area contributed by atoms with E-state index in [-0.39, 0.29) is 28.8 Å². The fourth-order valence-electron chi connectivity index (χ4n) is 8.07. The Morgan fingerprint density at radius 2 is 1.64 bits per heavy atom. The molecule has 0 spiro atoms. The third kappa shape index (κ3) is 6.41. The van der Waals surface area contributed by atoms with Gasteiger partial charge in [0.1, 0.15) is 5.75 Å². The molecule has 5 rings (SSSR count). The summed E-state index contributed by atoms with van der Waals surface area (Å²) in [7, 11) is 1.65. The predicted molar refractivity (Wildman–Crippen MR) is 163 cm³/mol. The predicted octanol–water partition coefficient (Wildman–Crippen LogP) is 5.91. The number of carbonyl (C=O) groups is 2. The Labute approximate surface area is 257 Å². The van der Waals surface area contributed by atoms with Crippen LogP contribution in [0.15, 0.2) is 48.5 Å². The zero-order chi connectivity index (χ0) is 31.9. The molecular formula is C34H44F3N3O4. The Balaban J connectivity index is 1.30. The van der Waals surface area contributed by atoms with Crippen LogP contribution in [-0.2, 0) is 11.0 Å². The highest BCUT2D eigenvalue weighted by molar-refractivity contribution is 5.94. The van der Waals surface area contributed by atoms with Gasteiger partial charge in [0.15, 0.2) is 0 Å². The number of piperazine rings is 1. The molecule has 2 saturated carbocycles. The third-order valence-electron chi connectivity index (χ3n) is 10.5. The first-order valence-electron chi connectivity index (χ1n) is 15.5. The molecule has 4 atom stereocenters. The molecule has 7 nitrogen and oxygen atoms in total. The van der Waals surface area contributed by atoms with Crippen molar-refractivity contribution in [2.75, 3.05) is 38.2 Å². The van der Waals surface area contributed by atoms with Crippen molar-refractivity contribution in [3.63, 3.8) is 0 Å². The van der Waals surface area contributed by atoms with E-state index in [0.29, 0.717) is 64.7 Å². The fraction of sp³-hybridized carbons (Fsp3) is 0.588. The molecule has 0 radical (unpaired) electrons. The van der Waals surface area contributed by atoms with E-state index in [2.05, 4.69) is 24.1 Å². The maximum Gasteiger partial charge on any atom is 0.416 e. The Morgan fingerprint density at radius 3 is 2.27 bits per heavy atom. The summed E-state index contributed by atoms with van der Waals surface area (Å²) in [5.74, 6) is 0.522. The number of alkyl halides is 3. The number of ether oxygens (including phenoxy) is 1. The number of benzene rings is 2. The monoisotopic (exact) mass is 615 g/mol. The number of halogens is 3. The van der Waals surface area contributed by atoms with E-state index in [4.69, 9.17) is 4.74 Å². The zero-order valence-corrected chi connectivity index (χ0v) is 26.0. The number of rotatable bonds is 7. The lowest BCUT2D eigenvalue weighted by Gasteiger charge is -2.51. The van der Waals surface area contributed by atoms with Crippen molar-refractivity contribution in [2.24, 2.45) is 16.7 Å². The first kappa shape index (κ1) is 32.1. The first-order chi connectivity index (χ1) is 20.6. The Hall–Kier alpha value is -3.27. The number of hydrogen-bond acceptors (Lipinski definition) is 5. The van der Waals surface area contributed by atoms with Crippen LogP contribution in [0.3, 0.4) is 0 Å². The molecule has 2 aromatic carbocycles. The van der Waals surface area contributed by atoms with Gasteiger partial charge in [-0.2, -0.15) is 13.2 Å². The molecule has 0 unspecified atom stereocenters. The first-order valence-corrected chi connectivity index (χ1v) is 15.5. The summed E-state index contributed by atoms with van der Waals surface area (Å²) in [5.41, 5.74) is -1.09. The molecule has 240 valence electrons. The number of nitrogens with one attached hydrogen (secondary N) is 1. The average Bonchev–Trinajstić information content (AvgIpc) is 3.20.